The summed E-state index contributed by atoms with van der Waals surface area (Å²) in [4.78, 5) is 8.09. The molecule has 5 heteroatoms. The molecule has 0 amide bonds. The Balaban J connectivity index is 2.02. The smallest absolute Gasteiger partial charge is 0.166 e. The minimum Gasteiger partial charge on any atom is -0.486 e. The highest BCUT2D eigenvalue weighted by Gasteiger charge is 2.11. The predicted molar refractivity (Wildman–Crippen MR) is 74.9 cm³/mol. The van der Waals surface area contributed by atoms with Crippen molar-refractivity contribution >= 4 is 0 Å². The van der Waals surface area contributed by atoms with E-state index < -0.39 is 0 Å². The zero-order chi connectivity index (χ0) is 14.4. The van der Waals surface area contributed by atoms with Gasteiger partial charge in [-0.2, -0.15) is 0 Å². The summed E-state index contributed by atoms with van der Waals surface area (Å²) < 4.78 is 19.5. The summed E-state index contributed by atoms with van der Waals surface area (Å²) in [5.41, 5.74) is 0.634. The van der Waals surface area contributed by atoms with Crippen molar-refractivity contribution in [3.8, 4) is 5.75 Å². The molecule has 1 aromatic carbocycles. The van der Waals surface area contributed by atoms with Gasteiger partial charge in [-0.25, -0.2) is 14.4 Å². The van der Waals surface area contributed by atoms with Gasteiger partial charge in [-0.3, -0.25) is 0 Å². The van der Waals surface area contributed by atoms with Crippen LogP contribution in [0.5, 0.6) is 5.75 Å². The zero-order valence-corrected chi connectivity index (χ0v) is 11.6. The first-order valence-corrected chi connectivity index (χ1v) is 6.62. The van der Waals surface area contributed by atoms with Gasteiger partial charge < -0.3 is 10.1 Å². The third kappa shape index (κ3) is 3.74. The first-order valence-electron chi connectivity index (χ1n) is 6.62. The molecule has 1 unspecified atom stereocenters. The lowest BCUT2D eigenvalue weighted by Crippen LogP contribution is -2.18. The van der Waals surface area contributed by atoms with Gasteiger partial charge >= 0.3 is 0 Å². The number of ether oxygens (including phenoxy) is 1. The van der Waals surface area contributed by atoms with Crippen LogP contribution in [0.1, 0.15) is 31.3 Å². The fraction of sp³-hybridized carbons (Fsp3) is 0.333. The Hall–Kier alpha value is -2.01. The molecule has 0 saturated carbocycles. The van der Waals surface area contributed by atoms with Gasteiger partial charge in [-0.05, 0) is 25.6 Å². The molecule has 1 atom stereocenters. The molecular formula is C15H18FN3O. The fourth-order valence-corrected chi connectivity index (χ4v) is 1.92. The lowest BCUT2D eigenvalue weighted by Gasteiger charge is -2.14. The van der Waals surface area contributed by atoms with Crippen LogP contribution in [0.4, 0.5) is 4.39 Å². The quantitative estimate of drug-likeness (QED) is 0.880. The van der Waals surface area contributed by atoms with Crippen LogP contribution in [-0.2, 0) is 6.61 Å². The molecule has 106 valence electrons. The average Bonchev–Trinajstić information content (AvgIpc) is 2.46. The number of halogens is 1. The molecule has 20 heavy (non-hydrogen) atoms. The largest absolute Gasteiger partial charge is 0.486 e. The molecule has 4 nitrogen and oxygen atoms in total. The molecule has 0 saturated heterocycles. The molecule has 1 N–H and O–H groups in total. The molecule has 0 aliphatic carbocycles. The van der Waals surface area contributed by atoms with E-state index in [1.807, 2.05) is 13.8 Å². The molecule has 0 radical (unpaired) electrons. The van der Waals surface area contributed by atoms with Crippen LogP contribution in [0.25, 0.3) is 0 Å². The number of benzene rings is 1. The van der Waals surface area contributed by atoms with E-state index >= 15 is 0 Å². The number of nitrogens with one attached hydrogen (secondary N) is 1. The van der Waals surface area contributed by atoms with Gasteiger partial charge in [0.2, 0.25) is 0 Å². The lowest BCUT2D eigenvalue weighted by molar-refractivity contribution is 0.294. The Morgan fingerprint density at radius 1 is 1.30 bits per heavy atom. The van der Waals surface area contributed by atoms with E-state index in [0.717, 1.165) is 6.54 Å². The van der Waals surface area contributed by atoms with Crippen LogP contribution in [0.15, 0.2) is 36.7 Å². The van der Waals surface area contributed by atoms with Crippen molar-refractivity contribution in [1.29, 1.82) is 0 Å². The Morgan fingerprint density at radius 2 is 2.05 bits per heavy atom. The van der Waals surface area contributed by atoms with E-state index in [2.05, 4.69) is 15.3 Å². The Labute approximate surface area is 118 Å². The van der Waals surface area contributed by atoms with E-state index in [0.29, 0.717) is 17.1 Å². The Morgan fingerprint density at radius 3 is 2.70 bits per heavy atom. The molecule has 0 aliphatic rings. The molecule has 1 aromatic heterocycles. The predicted octanol–water partition coefficient (Wildman–Crippen LogP) is 2.87. The summed E-state index contributed by atoms with van der Waals surface area (Å²) in [6.45, 7) is 4.94. The van der Waals surface area contributed by atoms with Crippen molar-refractivity contribution in [2.45, 2.75) is 26.5 Å². The van der Waals surface area contributed by atoms with Gasteiger partial charge in [0.1, 0.15) is 18.2 Å². The van der Waals surface area contributed by atoms with Crippen LogP contribution < -0.4 is 10.1 Å². The van der Waals surface area contributed by atoms with Crippen LogP contribution in [0.2, 0.25) is 0 Å². The molecule has 0 aliphatic heterocycles. The van der Waals surface area contributed by atoms with E-state index in [9.17, 15) is 4.39 Å². The summed E-state index contributed by atoms with van der Waals surface area (Å²) in [7, 11) is 0. The minimum absolute atomic E-state index is 0.0218. The Bertz CT molecular complexity index is 548. The molecule has 1 heterocycles. The zero-order valence-electron chi connectivity index (χ0n) is 11.6. The van der Waals surface area contributed by atoms with Gasteiger partial charge in [-0.15, -0.1) is 0 Å². The van der Waals surface area contributed by atoms with Gasteiger partial charge in [0.25, 0.3) is 0 Å². The number of hydrogen-bond acceptors (Lipinski definition) is 4. The second-order valence-corrected chi connectivity index (χ2v) is 4.42. The second-order valence-electron chi connectivity index (χ2n) is 4.42. The highest BCUT2D eigenvalue weighted by molar-refractivity contribution is 5.30. The van der Waals surface area contributed by atoms with Crippen LogP contribution in [0, 0.1) is 5.82 Å². The highest BCUT2D eigenvalue weighted by atomic mass is 19.1. The van der Waals surface area contributed by atoms with Crippen molar-refractivity contribution in [3.05, 3.63) is 53.9 Å². The standard InChI is InChI=1S/C15H18FN3O/c1-3-17-11(2)13-6-5-12(9-14(13)16)20-10-15-18-7-4-8-19-15/h4-9,11,17H,3,10H2,1-2H3. The van der Waals surface area contributed by atoms with Gasteiger partial charge in [0.15, 0.2) is 5.82 Å². The molecule has 0 fully saturated rings. The van der Waals surface area contributed by atoms with Crippen molar-refractivity contribution < 1.29 is 9.13 Å². The maximum Gasteiger partial charge on any atom is 0.166 e. The average molecular weight is 275 g/mol. The third-order valence-corrected chi connectivity index (χ3v) is 2.94. The van der Waals surface area contributed by atoms with E-state index in [1.165, 1.54) is 6.07 Å². The van der Waals surface area contributed by atoms with Crippen molar-refractivity contribution in [2.24, 2.45) is 0 Å². The molecule has 0 bridgehead atoms. The monoisotopic (exact) mass is 275 g/mol. The molecular weight excluding hydrogens is 257 g/mol. The van der Waals surface area contributed by atoms with Crippen LogP contribution in [0.3, 0.4) is 0 Å². The van der Waals surface area contributed by atoms with Crippen molar-refractivity contribution in [3.63, 3.8) is 0 Å². The fourth-order valence-electron chi connectivity index (χ4n) is 1.92. The van der Waals surface area contributed by atoms with Crippen molar-refractivity contribution in [1.82, 2.24) is 15.3 Å². The van der Waals surface area contributed by atoms with E-state index in [4.69, 9.17) is 4.74 Å². The third-order valence-electron chi connectivity index (χ3n) is 2.94. The molecule has 2 rings (SSSR count). The summed E-state index contributed by atoms with van der Waals surface area (Å²) in [5, 5.41) is 3.18. The summed E-state index contributed by atoms with van der Waals surface area (Å²) in [5.74, 6) is 0.769. The summed E-state index contributed by atoms with van der Waals surface area (Å²) in [6.07, 6.45) is 3.29. The topological polar surface area (TPSA) is 47.0 Å². The maximum atomic E-state index is 14.0. The number of hydrogen-bond donors (Lipinski definition) is 1. The summed E-state index contributed by atoms with van der Waals surface area (Å²) in [6, 6.07) is 6.61. The molecule has 0 spiro atoms. The van der Waals surface area contributed by atoms with E-state index in [-0.39, 0.29) is 18.5 Å². The first kappa shape index (κ1) is 14.4. The van der Waals surface area contributed by atoms with Crippen LogP contribution in [-0.4, -0.2) is 16.5 Å². The highest BCUT2D eigenvalue weighted by Crippen LogP contribution is 2.22. The number of nitrogens with zero attached hydrogens (tertiary/aromatic N) is 2. The van der Waals surface area contributed by atoms with E-state index in [1.54, 1.807) is 30.6 Å². The molecule has 2 aromatic rings. The Kier molecular flexibility index (Phi) is 5.01. The first-order chi connectivity index (χ1) is 9.70. The second kappa shape index (κ2) is 6.96. The van der Waals surface area contributed by atoms with Gasteiger partial charge in [0, 0.05) is 30.1 Å². The minimum atomic E-state index is -0.273. The SMILES string of the molecule is CCNC(C)c1ccc(OCc2ncccn2)cc1F. The number of aromatic nitrogens is 2. The van der Waals surface area contributed by atoms with Crippen LogP contribution >= 0.6 is 0 Å². The van der Waals surface area contributed by atoms with Gasteiger partial charge in [0.05, 0.1) is 0 Å². The lowest BCUT2D eigenvalue weighted by atomic mass is 10.1. The van der Waals surface area contributed by atoms with Gasteiger partial charge in [-0.1, -0.05) is 13.0 Å². The maximum absolute atomic E-state index is 14.0. The normalized spacial score (nSPS) is 12.2. The number of rotatable bonds is 6. The summed E-state index contributed by atoms with van der Waals surface area (Å²) >= 11 is 0. The van der Waals surface area contributed by atoms with Crippen molar-refractivity contribution in [2.75, 3.05) is 6.54 Å².